The fourth-order valence-electron chi connectivity index (χ4n) is 4.50. The maximum absolute atomic E-state index is 6.28. The third-order valence-corrected chi connectivity index (χ3v) is 6.59. The van der Waals surface area contributed by atoms with Gasteiger partial charge in [-0.3, -0.25) is 4.98 Å². The lowest BCUT2D eigenvalue weighted by molar-refractivity contribution is 0.190. The zero-order chi connectivity index (χ0) is 23.9. The summed E-state index contributed by atoms with van der Waals surface area (Å²) in [5.74, 6) is 0.925. The van der Waals surface area contributed by atoms with Crippen molar-refractivity contribution in [1.29, 1.82) is 0 Å². The molecular formula is C32H49NO. The Balaban J connectivity index is 1.52. The van der Waals surface area contributed by atoms with E-state index in [1.807, 2.05) is 12.1 Å². The van der Waals surface area contributed by atoms with Gasteiger partial charge in [0.25, 0.3) is 0 Å². The topological polar surface area (TPSA) is 22.1 Å². The van der Waals surface area contributed by atoms with Gasteiger partial charge >= 0.3 is 0 Å². The number of ether oxygens (including phenoxy) is 1. The third kappa shape index (κ3) is 14.9. The number of hydrogen-bond acceptors (Lipinski definition) is 2. The predicted molar refractivity (Wildman–Crippen MR) is 148 cm³/mol. The molecule has 1 atom stereocenters. The minimum atomic E-state index is 0.226. The molecule has 0 aliphatic rings. The molecule has 2 rings (SSSR count). The molecule has 0 fully saturated rings. The van der Waals surface area contributed by atoms with Crippen LogP contribution in [-0.4, -0.2) is 11.1 Å². The zero-order valence-corrected chi connectivity index (χ0v) is 21.8. The molecule has 0 amide bonds. The number of rotatable bonds is 21. The van der Waals surface area contributed by atoms with E-state index in [0.717, 1.165) is 18.6 Å². The lowest BCUT2D eigenvalue weighted by Crippen LogP contribution is -2.15. The van der Waals surface area contributed by atoms with Crippen LogP contribution in [0.5, 0.6) is 5.75 Å². The Hall–Kier alpha value is -2.09. The molecule has 0 aliphatic heterocycles. The second kappa shape index (κ2) is 20.3. The summed E-state index contributed by atoms with van der Waals surface area (Å²) in [5, 5.41) is 0. The first kappa shape index (κ1) is 28.1. The number of aromatic nitrogens is 1. The Labute approximate surface area is 210 Å². The number of hydrogen-bond donors (Lipinski definition) is 0. The maximum Gasteiger partial charge on any atom is 0.122 e. The molecule has 2 heteroatoms. The van der Waals surface area contributed by atoms with Gasteiger partial charge in [0.1, 0.15) is 11.9 Å². The van der Waals surface area contributed by atoms with Crippen LogP contribution in [0.3, 0.4) is 0 Å². The van der Waals surface area contributed by atoms with E-state index in [0.29, 0.717) is 0 Å². The van der Waals surface area contributed by atoms with Gasteiger partial charge < -0.3 is 4.74 Å². The van der Waals surface area contributed by atoms with Crippen molar-refractivity contribution in [3.63, 3.8) is 0 Å². The van der Waals surface area contributed by atoms with Crippen LogP contribution in [0.15, 0.2) is 60.9 Å². The molecule has 2 nitrogen and oxygen atoms in total. The van der Waals surface area contributed by atoms with Gasteiger partial charge in [0.05, 0.1) is 0 Å². The van der Waals surface area contributed by atoms with E-state index in [4.69, 9.17) is 4.74 Å². The van der Waals surface area contributed by atoms with Crippen molar-refractivity contribution in [1.82, 2.24) is 4.98 Å². The molecular weight excluding hydrogens is 414 g/mol. The van der Waals surface area contributed by atoms with E-state index in [-0.39, 0.29) is 6.10 Å². The van der Waals surface area contributed by atoms with E-state index in [1.165, 1.54) is 102 Å². The maximum atomic E-state index is 6.28. The molecule has 0 aliphatic carbocycles. The van der Waals surface area contributed by atoms with Gasteiger partial charge in [0, 0.05) is 18.8 Å². The van der Waals surface area contributed by atoms with Crippen molar-refractivity contribution in [3.05, 3.63) is 66.5 Å². The summed E-state index contributed by atoms with van der Waals surface area (Å²) in [6.07, 6.45) is 31.4. The molecule has 188 valence electrons. The second-order valence-electron chi connectivity index (χ2n) is 9.71. The molecule has 0 N–H and O–H groups in total. The predicted octanol–water partition coefficient (Wildman–Crippen LogP) is 10.2. The van der Waals surface area contributed by atoms with Gasteiger partial charge in [-0.25, -0.2) is 0 Å². The lowest BCUT2D eigenvalue weighted by atomic mass is 10.0. The summed E-state index contributed by atoms with van der Waals surface area (Å²) in [7, 11) is 0. The highest BCUT2D eigenvalue weighted by Gasteiger charge is 2.09. The minimum absolute atomic E-state index is 0.226. The number of unbranched alkanes of at least 4 members (excludes halogenated alkanes) is 14. The fraction of sp³-hybridized carbons (Fsp3) is 0.594. The zero-order valence-electron chi connectivity index (χ0n) is 21.8. The molecule has 34 heavy (non-hydrogen) atoms. The molecule has 0 spiro atoms. The quantitative estimate of drug-likeness (QED) is 0.172. The largest absolute Gasteiger partial charge is 0.490 e. The van der Waals surface area contributed by atoms with Gasteiger partial charge in [-0.15, -0.1) is 0 Å². The van der Waals surface area contributed by atoms with E-state index >= 15 is 0 Å². The summed E-state index contributed by atoms with van der Waals surface area (Å²) in [5.41, 5.74) is 1.25. The first-order chi connectivity index (χ1) is 16.9. The second-order valence-corrected chi connectivity index (χ2v) is 9.71. The summed E-state index contributed by atoms with van der Waals surface area (Å²) >= 11 is 0. The highest BCUT2D eigenvalue weighted by atomic mass is 16.5. The average molecular weight is 464 g/mol. The lowest BCUT2D eigenvalue weighted by Gasteiger charge is -2.18. The van der Waals surface area contributed by atoms with Crippen LogP contribution in [0.1, 0.15) is 122 Å². The first-order valence-electron chi connectivity index (χ1n) is 14.2. The Morgan fingerprint density at radius 1 is 0.676 bits per heavy atom. The SMILES string of the molecule is CCCCCCCCCCCCCCCCCC(C/C=C/c1ccccc1)Oc1ccncc1. The van der Waals surface area contributed by atoms with Crippen LogP contribution in [0.25, 0.3) is 6.08 Å². The highest BCUT2D eigenvalue weighted by molar-refractivity contribution is 5.48. The molecule has 0 bridgehead atoms. The first-order valence-corrected chi connectivity index (χ1v) is 14.2. The van der Waals surface area contributed by atoms with Gasteiger partial charge in [-0.05, 0) is 30.5 Å². The molecule has 1 unspecified atom stereocenters. The average Bonchev–Trinajstić information content (AvgIpc) is 2.87. The van der Waals surface area contributed by atoms with Gasteiger partial charge in [0.15, 0.2) is 0 Å². The minimum Gasteiger partial charge on any atom is -0.490 e. The Kier molecular flexibility index (Phi) is 16.8. The molecule has 2 aromatic rings. The van der Waals surface area contributed by atoms with Crippen LogP contribution in [0.2, 0.25) is 0 Å². The highest BCUT2D eigenvalue weighted by Crippen LogP contribution is 2.19. The summed E-state index contributed by atoms with van der Waals surface area (Å²) in [6.45, 7) is 2.29. The normalized spacial score (nSPS) is 12.3. The monoisotopic (exact) mass is 463 g/mol. The molecule has 1 heterocycles. The Morgan fingerprint density at radius 3 is 1.76 bits per heavy atom. The van der Waals surface area contributed by atoms with Gasteiger partial charge in [0.2, 0.25) is 0 Å². The summed E-state index contributed by atoms with van der Waals surface area (Å²) < 4.78 is 6.28. The Morgan fingerprint density at radius 2 is 1.21 bits per heavy atom. The number of pyridine rings is 1. The fourth-order valence-corrected chi connectivity index (χ4v) is 4.50. The Bertz CT molecular complexity index is 712. The summed E-state index contributed by atoms with van der Waals surface area (Å²) in [6, 6.07) is 14.4. The smallest absolute Gasteiger partial charge is 0.122 e. The van der Waals surface area contributed by atoms with Crippen molar-refractivity contribution in [2.24, 2.45) is 0 Å². The molecule has 0 saturated heterocycles. The van der Waals surface area contributed by atoms with Crippen LogP contribution in [0, 0.1) is 0 Å². The van der Waals surface area contributed by atoms with Crippen LogP contribution in [-0.2, 0) is 0 Å². The number of benzene rings is 1. The van der Waals surface area contributed by atoms with Crippen LogP contribution < -0.4 is 4.74 Å². The molecule has 0 saturated carbocycles. The molecule has 1 aromatic heterocycles. The summed E-state index contributed by atoms with van der Waals surface area (Å²) in [4.78, 5) is 4.11. The van der Waals surface area contributed by atoms with Crippen LogP contribution in [0.4, 0.5) is 0 Å². The number of nitrogens with zero attached hydrogens (tertiary/aromatic N) is 1. The van der Waals surface area contributed by atoms with E-state index in [9.17, 15) is 0 Å². The van der Waals surface area contributed by atoms with Crippen molar-refractivity contribution < 1.29 is 4.74 Å². The standard InChI is InChI=1S/C32H49NO/c1-2-3-4-5-6-7-8-9-10-11-12-13-14-15-19-24-31(34-32-26-28-33-29-27-32)25-20-23-30-21-17-16-18-22-30/h16-18,20-23,26-29,31H,2-15,19,24-25H2,1H3/b23-20+. The van der Waals surface area contributed by atoms with Gasteiger partial charge in [-0.2, -0.15) is 0 Å². The van der Waals surface area contributed by atoms with Gasteiger partial charge in [-0.1, -0.05) is 139 Å². The molecule has 1 aromatic carbocycles. The third-order valence-electron chi connectivity index (χ3n) is 6.59. The van der Waals surface area contributed by atoms with E-state index < -0.39 is 0 Å². The van der Waals surface area contributed by atoms with Crippen LogP contribution >= 0.6 is 0 Å². The van der Waals surface area contributed by atoms with Crippen molar-refractivity contribution in [2.75, 3.05) is 0 Å². The van der Waals surface area contributed by atoms with Crippen molar-refractivity contribution >= 4 is 6.08 Å². The van der Waals surface area contributed by atoms with E-state index in [1.54, 1.807) is 12.4 Å². The van der Waals surface area contributed by atoms with Crippen molar-refractivity contribution in [2.45, 2.75) is 122 Å². The van der Waals surface area contributed by atoms with Crippen molar-refractivity contribution in [3.8, 4) is 5.75 Å². The molecule has 0 radical (unpaired) electrons. The van der Waals surface area contributed by atoms with E-state index in [2.05, 4.69) is 54.4 Å².